The van der Waals surface area contributed by atoms with E-state index in [2.05, 4.69) is 17.2 Å². The summed E-state index contributed by atoms with van der Waals surface area (Å²) in [6.07, 6.45) is 2.95. The van der Waals surface area contributed by atoms with Crippen molar-refractivity contribution in [2.75, 3.05) is 13.3 Å². The Morgan fingerprint density at radius 1 is 1.19 bits per heavy atom. The van der Waals surface area contributed by atoms with Gasteiger partial charge < -0.3 is 19.5 Å². The van der Waals surface area contributed by atoms with E-state index in [1.807, 2.05) is 30.5 Å². The van der Waals surface area contributed by atoms with Crippen molar-refractivity contribution in [2.45, 2.75) is 19.9 Å². The van der Waals surface area contributed by atoms with Gasteiger partial charge >= 0.3 is 0 Å². The molecule has 2 heterocycles. The number of benzene rings is 1. The molecule has 5 nitrogen and oxygen atoms in total. The van der Waals surface area contributed by atoms with E-state index >= 15 is 0 Å². The van der Waals surface area contributed by atoms with E-state index in [1.54, 1.807) is 6.07 Å². The van der Waals surface area contributed by atoms with Gasteiger partial charge in [0, 0.05) is 24.9 Å². The molecule has 0 atom stereocenters. The average molecular weight is 286 g/mol. The summed E-state index contributed by atoms with van der Waals surface area (Å²) in [4.78, 5) is 4.31. The number of pyridine rings is 1. The highest BCUT2D eigenvalue weighted by Gasteiger charge is 2.14. The van der Waals surface area contributed by atoms with Crippen LogP contribution in [0, 0.1) is 0 Å². The second-order valence-electron chi connectivity index (χ2n) is 4.80. The van der Waals surface area contributed by atoms with E-state index in [-0.39, 0.29) is 6.79 Å². The van der Waals surface area contributed by atoms with Gasteiger partial charge in [-0.15, -0.1) is 0 Å². The molecular formula is C16H18N2O3. The summed E-state index contributed by atoms with van der Waals surface area (Å²) in [5.41, 5.74) is 1.14. The zero-order valence-corrected chi connectivity index (χ0v) is 12.0. The van der Waals surface area contributed by atoms with Crippen molar-refractivity contribution in [1.29, 1.82) is 0 Å². The van der Waals surface area contributed by atoms with Gasteiger partial charge in [-0.05, 0) is 30.7 Å². The zero-order chi connectivity index (χ0) is 14.5. The first-order valence-corrected chi connectivity index (χ1v) is 7.08. The van der Waals surface area contributed by atoms with Crippen LogP contribution in [0.5, 0.6) is 23.1 Å². The van der Waals surface area contributed by atoms with E-state index in [9.17, 15) is 0 Å². The second kappa shape index (κ2) is 6.45. The molecule has 0 radical (unpaired) electrons. The van der Waals surface area contributed by atoms with Gasteiger partial charge in [-0.3, -0.25) is 0 Å². The van der Waals surface area contributed by atoms with Crippen molar-refractivity contribution in [3.8, 4) is 23.1 Å². The molecule has 0 amide bonds. The number of nitrogens with zero attached hydrogens (tertiary/aromatic N) is 1. The van der Waals surface area contributed by atoms with Crippen molar-refractivity contribution in [3.05, 3.63) is 42.1 Å². The van der Waals surface area contributed by atoms with Crippen LogP contribution in [0.15, 0.2) is 36.5 Å². The number of fused-ring (bicyclic) bond motifs is 1. The minimum absolute atomic E-state index is 0.260. The normalized spacial score (nSPS) is 12.4. The van der Waals surface area contributed by atoms with Gasteiger partial charge in [0.1, 0.15) is 5.75 Å². The van der Waals surface area contributed by atoms with E-state index in [0.717, 1.165) is 30.8 Å². The molecule has 0 saturated carbocycles. The van der Waals surface area contributed by atoms with Crippen LogP contribution in [-0.2, 0) is 6.54 Å². The fourth-order valence-corrected chi connectivity index (χ4v) is 2.05. The summed E-state index contributed by atoms with van der Waals surface area (Å²) in [5, 5.41) is 3.34. The number of ether oxygens (including phenoxy) is 3. The predicted molar refractivity (Wildman–Crippen MR) is 78.9 cm³/mol. The third-order valence-electron chi connectivity index (χ3n) is 3.12. The Hall–Kier alpha value is -2.27. The van der Waals surface area contributed by atoms with Gasteiger partial charge in [0.15, 0.2) is 11.5 Å². The maximum atomic E-state index is 5.72. The lowest BCUT2D eigenvalue weighted by Gasteiger charge is -2.07. The molecule has 1 aromatic carbocycles. The molecule has 2 aromatic rings. The van der Waals surface area contributed by atoms with Crippen LogP contribution in [0.3, 0.4) is 0 Å². The Labute approximate surface area is 123 Å². The summed E-state index contributed by atoms with van der Waals surface area (Å²) < 4.78 is 16.3. The van der Waals surface area contributed by atoms with E-state index in [1.165, 1.54) is 0 Å². The molecule has 0 aliphatic carbocycles. The lowest BCUT2D eigenvalue weighted by Crippen LogP contribution is -2.13. The predicted octanol–water partition coefficient (Wildman–Crippen LogP) is 3.10. The van der Waals surface area contributed by atoms with Crippen LogP contribution in [0.1, 0.15) is 18.9 Å². The average Bonchev–Trinajstić information content (AvgIpc) is 2.97. The Morgan fingerprint density at radius 2 is 2.10 bits per heavy atom. The zero-order valence-electron chi connectivity index (χ0n) is 12.0. The summed E-state index contributed by atoms with van der Waals surface area (Å²) >= 11 is 0. The first-order chi connectivity index (χ1) is 10.3. The summed E-state index contributed by atoms with van der Waals surface area (Å²) in [5.74, 6) is 2.69. The van der Waals surface area contributed by atoms with Crippen LogP contribution in [-0.4, -0.2) is 18.3 Å². The van der Waals surface area contributed by atoms with Crippen molar-refractivity contribution >= 4 is 0 Å². The minimum atomic E-state index is 0.260. The van der Waals surface area contributed by atoms with Crippen LogP contribution in [0.25, 0.3) is 0 Å². The van der Waals surface area contributed by atoms with Gasteiger partial charge in [-0.25, -0.2) is 4.98 Å². The van der Waals surface area contributed by atoms with Crippen LogP contribution in [0.2, 0.25) is 0 Å². The van der Waals surface area contributed by atoms with Crippen LogP contribution < -0.4 is 19.5 Å². The highest BCUT2D eigenvalue weighted by atomic mass is 16.7. The van der Waals surface area contributed by atoms with Crippen molar-refractivity contribution in [3.63, 3.8) is 0 Å². The number of aromatic nitrogens is 1. The van der Waals surface area contributed by atoms with Crippen molar-refractivity contribution < 1.29 is 14.2 Å². The lowest BCUT2D eigenvalue weighted by atomic mass is 10.3. The van der Waals surface area contributed by atoms with Gasteiger partial charge in [0.2, 0.25) is 12.7 Å². The molecule has 1 aromatic heterocycles. The molecule has 0 bridgehead atoms. The Kier molecular flexibility index (Phi) is 4.21. The third-order valence-corrected chi connectivity index (χ3v) is 3.12. The largest absolute Gasteiger partial charge is 0.454 e. The van der Waals surface area contributed by atoms with Gasteiger partial charge in [0.25, 0.3) is 0 Å². The van der Waals surface area contributed by atoms with Gasteiger partial charge in [-0.2, -0.15) is 0 Å². The molecule has 1 aliphatic rings. The van der Waals surface area contributed by atoms with Crippen molar-refractivity contribution in [2.24, 2.45) is 0 Å². The molecular weight excluding hydrogens is 268 g/mol. The fraction of sp³-hybridized carbons (Fsp3) is 0.312. The Morgan fingerprint density at radius 3 is 2.90 bits per heavy atom. The van der Waals surface area contributed by atoms with Crippen LogP contribution >= 0.6 is 0 Å². The number of hydrogen-bond donors (Lipinski definition) is 1. The minimum Gasteiger partial charge on any atom is -0.454 e. The first kappa shape index (κ1) is 13.7. The molecule has 0 saturated heterocycles. The number of rotatable bonds is 6. The van der Waals surface area contributed by atoms with Gasteiger partial charge in [-0.1, -0.05) is 13.0 Å². The number of nitrogens with one attached hydrogen (secondary N) is 1. The topological polar surface area (TPSA) is 52.6 Å². The molecule has 0 spiro atoms. The highest BCUT2D eigenvalue weighted by molar-refractivity contribution is 5.47. The standard InChI is InChI=1S/C16H18N2O3/c1-2-7-17-9-12-3-6-16(18-10-12)21-13-4-5-14-15(8-13)20-11-19-14/h3-6,8,10,17H,2,7,9,11H2,1H3. The fourth-order valence-electron chi connectivity index (χ4n) is 2.05. The molecule has 21 heavy (non-hydrogen) atoms. The maximum absolute atomic E-state index is 5.72. The molecule has 0 fully saturated rings. The quantitative estimate of drug-likeness (QED) is 0.827. The monoisotopic (exact) mass is 286 g/mol. The lowest BCUT2D eigenvalue weighted by molar-refractivity contribution is 0.174. The van der Waals surface area contributed by atoms with Crippen LogP contribution in [0.4, 0.5) is 0 Å². The highest BCUT2D eigenvalue weighted by Crippen LogP contribution is 2.36. The van der Waals surface area contributed by atoms with E-state index < -0.39 is 0 Å². The second-order valence-corrected chi connectivity index (χ2v) is 4.80. The van der Waals surface area contributed by atoms with E-state index in [4.69, 9.17) is 14.2 Å². The summed E-state index contributed by atoms with van der Waals surface area (Å²) in [6.45, 7) is 4.24. The Balaban J connectivity index is 1.62. The molecule has 3 rings (SSSR count). The summed E-state index contributed by atoms with van der Waals surface area (Å²) in [7, 11) is 0. The summed E-state index contributed by atoms with van der Waals surface area (Å²) in [6, 6.07) is 9.36. The smallest absolute Gasteiger partial charge is 0.231 e. The van der Waals surface area contributed by atoms with Crippen molar-refractivity contribution in [1.82, 2.24) is 10.3 Å². The molecule has 1 aliphatic heterocycles. The van der Waals surface area contributed by atoms with Gasteiger partial charge in [0.05, 0.1) is 0 Å². The molecule has 0 unspecified atom stereocenters. The molecule has 1 N–H and O–H groups in total. The maximum Gasteiger partial charge on any atom is 0.231 e. The molecule has 5 heteroatoms. The number of hydrogen-bond acceptors (Lipinski definition) is 5. The first-order valence-electron chi connectivity index (χ1n) is 7.08. The third kappa shape index (κ3) is 3.44. The SMILES string of the molecule is CCCNCc1ccc(Oc2ccc3c(c2)OCO3)nc1. The Bertz CT molecular complexity index is 599. The van der Waals surface area contributed by atoms with E-state index in [0.29, 0.717) is 17.4 Å². The molecule has 110 valence electrons.